The molecule has 1 N–H and O–H groups in total. The number of rotatable bonds is 6. The summed E-state index contributed by atoms with van der Waals surface area (Å²) in [5.41, 5.74) is 4.16. The normalized spacial score (nSPS) is 15.3. The van der Waals surface area contributed by atoms with Gasteiger partial charge in [0.05, 0.1) is 34.9 Å². The van der Waals surface area contributed by atoms with Gasteiger partial charge >= 0.3 is 0 Å². The number of hydrogen-bond acceptors (Lipinski definition) is 6. The van der Waals surface area contributed by atoms with E-state index in [2.05, 4.69) is 4.72 Å². The van der Waals surface area contributed by atoms with E-state index >= 15 is 4.39 Å². The van der Waals surface area contributed by atoms with Crippen LogP contribution >= 0.6 is 11.6 Å². The maximum atomic E-state index is 15.2. The van der Waals surface area contributed by atoms with Gasteiger partial charge in [0.15, 0.2) is 0 Å². The van der Waals surface area contributed by atoms with Gasteiger partial charge in [0.25, 0.3) is 0 Å². The Kier molecular flexibility index (Phi) is 6.69. The lowest BCUT2D eigenvalue weighted by Crippen LogP contribution is -2.22. The van der Waals surface area contributed by atoms with Crippen molar-refractivity contribution in [3.63, 3.8) is 0 Å². The first kappa shape index (κ1) is 25.9. The fourth-order valence-corrected chi connectivity index (χ4v) is 5.63. The molecule has 0 saturated carbocycles. The number of hydrazone groups is 1. The predicted octanol–water partition coefficient (Wildman–Crippen LogP) is 6.82. The number of sulfonamides is 1. The molecule has 1 aliphatic rings. The molecule has 1 aliphatic heterocycles. The summed E-state index contributed by atoms with van der Waals surface area (Å²) in [5.74, 6) is -0.0992. The molecule has 0 spiro atoms. The average Bonchev–Trinajstić information content (AvgIpc) is 3.38. The summed E-state index contributed by atoms with van der Waals surface area (Å²) in [6.07, 6.45) is 1.39. The lowest BCUT2D eigenvalue weighted by molar-refractivity contribution is 0.576. The van der Waals surface area contributed by atoms with Crippen LogP contribution in [0.3, 0.4) is 0 Å². The summed E-state index contributed by atoms with van der Waals surface area (Å²) >= 11 is 6.33. The monoisotopic (exact) mass is 571 g/mol. The first-order valence-electron chi connectivity index (χ1n) is 12.5. The number of anilines is 2. The maximum Gasteiger partial charge on any atom is 0.247 e. The van der Waals surface area contributed by atoms with Crippen molar-refractivity contribution in [1.29, 1.82) is 0 Å². The third kappa shape index (κ3) is 5.13. The molecule has 5 aromatic rings. The minimum absolute atomic E-state index is 0.283. The first-order chi connectivity index (χ1) is 19.3. The molecule has 0 saturated heterocycles. The van der Waals surface area contributed by atoms with E-state index in [1.807, 2.05) is 42.5 Å². The second kappa shape index (κ2) is 10.3. The molecule has 0 fully saturated rings. The Morgan fingerprint density at radius 3 is 2.42 bits per heavy atom. The summed E-state index contributed by atoms with van der Waals surface area (Å²) in [6, 6.07) is 28.0. The van der Waals surface area contributed by atoms with Gasteiger partial charge in [-0.1, -0.05) is 78.3 Å². The molecular weight excluding hydrogens is 549 g/mol. The Bertz CT molecular complexity index is 1880. The van der Waals surface area contributed by atoms with Crippen molar-refractivity contribution in [2.24, 2.45) is 5.10 Å². The number of para-hydroxylation sites is 1. The molecule has 0 bridgehead atoms. The third-order valence-electron chi connectivity index (χ3n) is 6.61. The van der Waals surface area contributed by atoms with Gasteiger partial charge in [-0.05, 0) is 30.3 Å². The summed E-state index contributed by atoms with van der Waals surface area (Å²) < 4.78 is 41.9. The van der Waals surface area contributed by atoms with Crippen LogP contribution in [0.25, 0.3) is 22.2 Å². The number of nitrogens with one attached hydrogen (secondary N) is 1. The van der Waals surface area contributed by atoms with E-state index in [0.29, 0.717) is 45.2 Å². The van der Waals surface area contributed by atoms with Crippen molar-refractivity contribution < 1.29 is 12.8 Å². The second-order valence-corrected chi connectivity index (χ2v) is 11.6. The number of hydrogen-bond donors (Lipinski definition) is 1. The minimum Gasteiger partial charge on any atom is -0.283 e. The highest BCUT2D eigenvalue weighted by atomic mass is 35.5. The Morgan fingerprint density at radius 1 is 0.925 bits per heavy atom. The summed E-state index contributed by atoms with van der Waals surface area (Å²) in [6.45, 7) is 0. The van der Waals surface area contributed by atoms with Crippen molar-refractivity contribution in [3.05, 3.63) is 119 Å². The van der Waals surface area contributed by atoms with Gasteiger partial charge in [0.1, 0.15) is 5.82 Å². The van der Waals surface area contributed by atoms with Crippen LogP contribution in [-0.2, 0) is 10.0 Å². The van der Waals surface area contributed by atoms with Crippen LogP contribution in [0.15, 0.2) is 102 Å². The lowest BCUT2D eigenvalue weighted by atomic mass is 9.97. The van der Waals surface area contributed by atoms with Crippen LogP contribution in [0.4, 0.5) is 16.0 Å². The molecule has 40 heavy (non-hydrogen) atoms. The molecule has 200 valence electrons. The quantitative estimate of drug-likeness (QED) is 0.242. The van der Waals surface area contributed by atoms with Gasteiger partial charge in [-0.25, -0.2) is 27.8 Å². The average molecular weight is 572 g/mol. The molecule has 7 nitrogen and oxygen atoms in total. The fourth-order valence-electron chi connectivity index (χ4n) is 4.88. The van der Waals surface area contributed by atoms with E-state index < -0.39 is 16.1 Å². The molecule has 4 aromatic carbocycles. The first-order valence-corrected chi connectivity index (χ1v) is 14.7. The van der Waals surface area contributed by atoms with E-state index in [4.69, 9.17) is 26.7 Å². The number of nitrogens with zero attached hydrogens (tertiary/aromatic N) is 4. The molecule has 6 rings (SSSR count). The van der Waals surface area contributed by atoms with Crippen LogP contribution in [0, 0.1) is 5.82 Å². The van der Waals surface area contributed by atoms with Gasteiger partial charge in [0, 0.05) is 33.5 Å². The van der Waals surface area contributed by atoms with Crippen LogP contribution in [-0.4, -0.2) is 30.4 Å². The number of halogens is 2. The molecular formula is C30H23ClFN5O2S. The molecule has 2 heterocycles. The van der Waals surface area contributed by atoms with E-state index in [9.17, 15) is 8.42 Å². The van der Waals surface area contributed by atoms with Crippen molar-refractivity contribution in [3.8, 4) is 11.3 Å². The second-order valence-electron chi connectivity index (χ2n) is 9.45. The SMILES string of the molecule is CS(=O)(=O)Nc1ccccc1C1=NN(c2nc(-c3ccccc3)c3cc(Cl)ccc3n2)[C@@H](c2ccccc2F)C1. The number of fused-ring (bicyclic) bond motifs is 1. The molecule has 10 heteroatoms. The fraction of sp³-hybridized carbons (Fsp3) is 0.100. The highest BCUT2D eigenvalue weighted by Crippen LogP contribution is 2.39. The number of aromatic nitrogens is 2. The van der Waals surface area contributed by atoms with Gasteiger partial charge < -0.3 is 0 Å². The lowest BCUT2D eigenvalue weighted by Gasteiger charge is -2.23. The Hall–Kier alpha value is -4.34. The van der Waals surface area contributed by atoms with Crippen molar-refractivity contribution in [2.45, 2.75) is 12.5 Å². The molecule has 0 radical (unpaired) electrons. The van der Waals surface area contributed by atoms with Gasteiger partial charge in [-0.15, -0.1) is 0 Å². The molecule has 0 amide bonds. The number of benzene rings is 4. The molecule has 1 atom stereocenters. The van der Waals surface area contributed by atoms with Gasteiger partial charge in [-0.3, -0.25) is 4.72 Å². The Morgan fingerprint density at radius 2 is 1.65 bits per heavy atom. The van der Waals surface area contributed by atoms with Crippen LogP contribution in [0.2, 0.25) is 5.02 Å². The van der Waals surface area contributed by atoms with Crippen LogP contribution < -0.4 is 9.73 Å². The van der Waals surface area contributed by atoms with Crippen molar-refractivity contribution >= 4 is 49.9 Å². The molecule has 1 aromatic heterocycles. The van der Waals surface area contributed by atoms with Crippen molar-refractivity contribution in [2.75, 3.05) is 16.0 Å². The minimum atomic E-state index is -3.55. The maximum absolute atomic E-state index is 15.2. The summed E-state index contributed by atoms with van der Waals surface area (Å²) in [4.78, 5) is 9.74. The zero-order chi connectivity index (χ0) is 27.9. The zero-order valence-corrected chi connectivity index (χ0v) is 22.9. The van der Waals surface area contributed by atoms with Crippen molar-refractivity contribution in [1.82, 2.24) is 9.97 Å². The topological polar surface area (TPSA) is 87.5 Å². The van der Waals surface area contributed by atoms with Crippen LogP contribution in [0.1, 0.15) is 23.6 Å². The Labute approximate surface area is 236 Å². The van der Waals surface area contributed by atoms with E-state index in [0.717, 1.165) is 17.2 Å². The Balaban J connectivity index is 1.55. The summed E-state index contributed by atoms with van der Waals surface area (Å²) in [5, 5.41) is 7.82. The predicted molar refractivity (Wildman–Crippen MR) is 158 cm³/mol. The van der Waals surface area contributed by atoms with E-state index in [-0.39, 0.29) is 11.8 Å². The molecule has 0 unspecified atom stereocenters. The van der Waals surface area contributed by atoms with E-state index in [1.165, 1.54) is 6.07 Å². The highest BCUT2D eigenvalue weighted by Gasteiger charge is 2.34. The van der Waals surface area contributed by atoms with Gasteiger partial charge in [-0.2, -0.15) is 5.10 Å². The summed E-state index contributed by atoms with van der Waals surface area (Å²) in [7, 11) is -3.55. The van der Waals surface area contributed by atoms with E-state index in [1.54, 1.807) is 53.5 Å². The highest BCUT2D eigenvalue weighted by molar-refractivity contribution is 7.92. The zero-order valence-electron chi connectivity index (χ0n) is 21.3. The standard InChI is InChI=1S/C30H23ClFN5O2S/c1-40(38,39)36-26-14-8-6-12-22(26)27-18-28(21-11-5-7-13-24(21)32)37(35-27)30-33-25-16-15-20(31)17-23(25)29(34-30)19-9-3-2-4-10-19/h2-17,28,36H,18H2,1H3/t28-/m1/s1. The smallest absolute Gasteiger partial charge is 0.247 e. The largest absolute Gasteiger partial charge is 0.283 e. The molecule has 0 aliphatic carbocycles. The van der Waals surface area contributed by atoms with Crippen LogP contribution in [0.5, 0.6) is 0 Å². The third-order valence-corrected chi connectivity index (χ3v) is 7.43. The van der Waals surface area contributed by atoms with Gasteiger partial charge in [0.2, 0.25) is 16.0 Å².